The van der Waals surface area contributed by atoms with Crippen LogP contribution in [-0.2, 0) is 32.5 Å². The molecule has 140 valence electrons. The summed E-state index contributed by atoms with van der Waals surface area (Å²) in [6.07, 6.45) is 7.89. The molecule has 0 atom stereocenters. The van der Waals surface area contributed by atoms with Gasteiger partial charge in [0.05, 0.1) is 11.4 Å². The second kappa shape index (κ2) is 7.08. The molecule has 1 aliphatic rings. The van der Waals surface area contributed by atoms with E-state index in [1.54, 1.807) is 12.1 Å². The highest BCUT2D eigenvalue weighted by molar-refractivity contribution is 7.90. The predicted molar refractivity (Wildman–Crippen MR) is 99.6 cm³/mol. The minimum Gasteiger partial charge on any atom is -0.235 e. The smallest absolute Gasteiger partial charge is 0.193 e. The molecular formula is C18H22N2O4S2. The van der Waals surface area contributed by atoms with Gasteiger partial charge >= 0.3 is 0 Å². The van der Waals surface area contributed by atoms with Crippen molar-refractivity contribution in [2.45, 2.75) is 48.6 Å². The maximum Gasteiger partial charge on any atom is 0.193 e. The molecular weight excluding hydrogens is 372 g/mol. The van der Waals surface area contributed by atoms with Gasteiger partial charge in [-0.05, 0) is 55.0 Å². The first kappa shape index (κ1) is 19.0. The monoisotopic (exact) mass is 394 g/mol. The van der Waals surface area contributed by atoms with Crippen LogP contribution in [0, 0.1) is 0 Å². The third-order valence-electron chi connectivity index (χ3n) is 4.52. The molecule has 0 spiro atoms. The molecule has 2 heterocycles. The highest BCUT2D eigenvalue weighted by Crippen LogP contribution is 2.29. The fraction of sp³-hybridized carbons (Fsp3) is 0.444. The molecule has 0 N–H and O–H groups in total. The lowest BCUT2D eigenvalue weighted by Crippen LogP contribution is -2.12. The van der Waals surface area contributed by atoms with Crippen molar-refractivity contribution in [2.75, 3.05) is 12.5 Å². The molecule has 0 unspecified atom stereocenters. The van der Waals surface area contributed by atoms with E-state index in [4.69, 9.17) is 0 Å². The van der Waals surface area contributed by atoms with Crippen LogP contribution in [0.2, 0.25) is 0 Å². The molecule has 0 bridgehead atoms. The van der Waals surface area contributed by atoms with Crippen LogP contribution in [0.4, 0.5) is 0 Å². The first-order valence-electron chi connectivity index (χ1n) is 8.56. The van der Waals surface area contributed by atoms with Crippen molar-refractivity contribution in [3.63, 3.8) is 0 Å². The number of hydrogen-bond donors (Lipinski definition) is 0. The molecule has 3 rings (SSSR count). The van der Waals surface area contributed by atoms with Gasteiger partial charge in [0, 0.05) is 12.5 Å². The Morgan fingerprint density at radius 3 is 2.15 bits per heavy atom. The minimum atomic E-state index is -3.50. The van der Waals surface area contributed by atoms with Crippen LogP contribution in [0.3, 0.4) is 0 Å². The zero-order valence-corrected chi connectivity index (χ0v) is 16.5. The Morgan fingerprint density at radius 2 is 1.50 bits per heavy atom. The Labute approximate surface area is 154 Å². The largest absolute Gasteiger partial charge is 0.235 e. The van der Waals surface area contributed by atoms with Gasteiger partial charge in [0.25, 0.3) is 0 Å². The highest BCUT2D eigenvalue weighted by atomic mass is 32.2. The summed E-state index contributed by atoms with van der Waals surface area (Å²) in [5, 5.41) is 0.0444. The van der Waals surface area contributed by atoms with Gasteiger partial charge in [-0.15, -0.1) is 0 Å². The molecule has 0 aromatic carbocycles. The van der Waals surface area contributed by atoms with Crippen LogP contribution in [0.5, 0.6) is 0 Å². The minimum absolute atomic E-state index is 0.0514. The SMILES string of the molecule is CS(=O)(=O)c1cccc(-c2cc3c(c(S(C)(=O)=O)n2)CCCCCC3)n1. The van der Waals surface area contributed by atoms with E-state index in [1.807, 2.05) is 6.07 Å². The molecule has 2 aromatic heterocycles. The van der Waals surface area contributed by atoms with Crippen LogP contribution < -0.4 is 0 Å². The van der Waals surface area contributed by atoms with Crippen molar-refractivity contribution < 1.29 is 16.8 Å². The molecule has 8 heteroatoms. The number of sulfone groups is 2. The van der Waals surface area contributed by atoms with Crippen LogP contribution in [0.1, 0.15) is 36.8 Å². The Morgan fingerprint density at radius 1 is 0.808 bits per heavy atom. The van der Waals surface area contributed by atoms with Crippen LogP contribution in [0.15, 0.2) is 34.3 Å². The van der Waals surface area contributed by atoms with Crippen molar-refractivity contribution in [1.29, 1.82) is 0 Å². The summed E-state index contributed by atoms with van der Waals surface area (Å²) in [5.74, 6) is 0. The standard InChI is InChI=1S/C18H22N2O4S2/c1-25(21,22)17-11-7-10-15(19-17)16-12-13-8-5-3-4-6-9-14(13)18(20-16)26(2,23)24/h7,10-12H,3-6,8-9H2,1-2H3. The maximum absolute atomic E-state index is 12.3. The van der Waals surface area contributed by atoms with E-state index in [2.05, 4.69) is 9.97 Å². The molecule has 0 amide bonds. The Hall–Kier alpha value is -1.80. The fourth-order valence-electron chi connectivity index (χ4n) is 3.26. The molecule has 26 heavy (non-hydrogen) atoms. The van der Waals surface area contributed by atoms with Gasteiger partial charge in [-0.1, -0.05) is 18.9 Å². The number of nitrogens with zero attached hydrogens (tertiary/aromatic N) is 2. The number of pyridine rings is 2. The van der Waals surface area contributed by atoms with E-state index in [0.29, 0.717) is 17.8 Å². The molecule has 0 radical (unpaired) electrons. The van der Waals surface area contributed by atoms with Gasteiger partial charge in [-0.3, -0.25) is 0 Å². The lowest BCUT2D eigenvalue weighted by molar-refractivity contribution is 0.585. The summed E-state index contributed by atoms with van der Waals surface area (Å²) in [7, 11) is -6.96. The van der Waals surface area contributed by atoms with Crippen molar-refractivity contribution in [2.24, 2.45) is 0 Å². The summed E-state index contributed by atoms with van der Waals surface area (Å²) in [6.45, 7) is 0. The second-order valence-corrected chi connectivity index (χ2v) is 10.7. The molecule has 0 saturated heterocycles. The van der Waals surface area contributed by atoms with Gasteiger partial charge in [0.2, 0.25) is 0 Å². The normalized spacial score (nSPS) is 15.8. The topological polar surface area (TPSA) is 94.1 Å². The number of aryl methyl sites for hydroxylation is 1. The molecule has 0 fully saturated rings. The number of fused-ring (bicyclic) bond motifs is 1. The predicted octanol–water partition coefficient (Wildman–Crippen LogP) is 2.61. The number of rotatable bonds is 3. The van der Waals surface area contributed by atoms with Gasteiger partial charge < -0.3 is 0 Å². The lowest BCUT2D eigenvalue weighted by Gasteiger charge is -2.18. The van der Waals surface area contributed by atoms with Gasteiger partial charge in [-0.2, -0.15) is 0 Å². The third kappa shape index (κ3) is 4.12. The second-order valence-electron chi connectivity index (χ2n) is 6.77. The lowest BCUT2D eigenvalue weighted by atomic mass is 9.94. The third-order valence-corrected chi connectivity index (χ3v) is 6.55. The summed E-state index contributed by atoms with van der Waals surface area (Å²) < 4.78 is 48.2. The molecule has 1 aliphatic carbocycles. The van der Waals surface area contributed by atoms with Crippen molar-refractivity contribution in [3.8, 4) is 11.4 Å². The average Bonchev–Trinajstić information content (AvgIpc) is 2.53. The van der Waals surface area contributed by atoms with Crippen LogP contribution >= 0.6 is 0 Å². The van der Waals surface area contributed by atoms with E-state index in [1.165, 1.54) is 12.3 Å². The van der Waals surface area contributed by atoms with Crippen molar-refractivity contribution >= 4 is 19.7 Å². The molecule has 0 aliphatic heterocycles. The van der Waals surface area contributed by atoms with E-state index in [9.17, 15) is 16.8 Å². The zero-order chi connectivity index (χ0) is 18.9. The van der Waals surface area contributed by atoms with Gasteiger partial charge in [0.1, 0.15) is 0 Å². The Balaban J connectivity index is 2.22. The molecule has 2 aromatic rings. The first-order chi connectivity index (χ1) is 12.2. The Kier molecular flexibility index (Phi) is 5.16. The summed E-state index contributed by atoms with van der Waals surface area (Å²) in [6, 6.07) is 6.53. The van der Waals surface area contributed by atoms with Crippen molar-refractivity contribution in [1.82, 2.24) is 9.97 Å². The van der Waals surface area contributed by atoms with Gasteiger partial charge in [0.15, 0.2) is 29.7 Å². The van der Waals surface area contributed by atoms with E-state index in [-0.39, 0.29) is 10.1 Å². The van der Waals surface area contributed by atoms with Crippen molar-refractivity contribution in [3.05, 3.63) is 35.4 Å². The van der Waals surface area contributed by atoms with E-state index < -0.39 is 19.7 Å². The van der Waals surface area contributed by atoms with E-state index >= 15 is 0 Å². The number of aromatic nitrogens is 2. The molecule has 0 saturated carbocycles. The fourth-order valence-corrected chi connectivity index (χ4v) is 4.80. The highest BCUT2D eigenvalue weighted by Gasteiger charge is 2.22. The van der Waals surface area contributed by atoms with Gasteiger partial charge in [-0.25, -0.2) is 26.8 Å². The zero-order valence-electron chi connectivity index (χ0n) is 14.9. The van der Waals surface area contributed by atoms with Crippen LogP contribution in [-0.4, -0.2) is 39.3 Å². The average molecular weight is 395 g/mol. The summed E-state index contributed by atoms with van der Waals surface area (Å²) in [5.41, 5.74) is 2.54. The maximum atomic E-state index is 12.3. The van der Waals surface area contributed by atoms with E-state index in [0.717, 1.165) is 49.5 Å². The quantitative estimate of drug-likeness (QED) is 0.794. The Bertz CT molecular complexity index is 1040. The summed E-state index contributed by atoms with van der Waals surface area (Å²) in [4.78, 5) is 8.56. The molecule has 6 nitrogen and oxygen atoms in total. The number of hydrogen-bond acceptors (Lipinski definition) is 6. The van der Waals surface area contributed by atoms with Crippen LogP contribution in [0.25, 0.3) is 11.4 Å². The first-order valence-corrected chi connectivity index (χ1v) is 12.3. The summed E-state index contributed by atoms with van der Waals surface area (Å²) >= 11 is 0.